The van der Waals surface area contributed by atoms with E-state index in [0.717, 1.165) is 42.4 Å². The number of nitrogens with zero attached hydrogens (tertiary/aromatic N) is 1. The Hall–Kier alpha value is -0.860. The lowest BCUT2D eigenvalue weighted by atomic mass is 9.71. The summed E-state index contributed by atoms with van der Waals surface area (Å²) in [5.74, 6) is 0.374. The minimum Gasteiger partial charge on any atom is -0.385 e. The van der Waals surface area contributed by atoms with E-state index in [-0.39, 0.29) is 0 Å². The van der Waals surface area contributed by atoms with Gasteiger partial charge in [-0.15, -0.1) is 0 Å². The minimum atomic E-state index is -0.621. The second-order valence-electron chi connectivity index (χ2n) is 6.67. The first-order valence-corrected chi connectivity index (χ1v) is 7.58. The van der Waals surface area contributed by atoms with Gasteiger partial charge in [0, 0.05) is 5.92 Å². The molecule has 0 bridgehead atoms. The van der Waals surface area contributed by atoms with Gasteiger partial charge in [-0.3, -0.25) is 0 Å². The molecule has 1 N–H and O–H groups in total. The van der Waals surface area contributed by atoms with Crippen molar-refractivity contribution in [2.45, 2.75) is 38.2 Å². The molecule has 2 heteroatoms. The van der Waals surface area contributed by atoms with Crippen molar-refractivity contribution in [3.63, 3.8) is 0 Å². The van der Waals surface area contributed by atoms with Crippen LogP contribution in [0.3, 0.4) is 0 Å². The van der Waals surface area contributed by atoms with E-state index >= 15 is 0 Å². The summed E-state index contributed by atoms with van der Waals surface area (Å²) in [5, 5.41) is 11.3. The lowest BCUT2D eigenvalue weighted by Gasteiger charge is -2.44. The Labute approximate surface area is 117 Å². The number of benzene rings is 1. The molecule has 0 saturated heterocycles. The maximum atomic E-state index is 11.3. The number of aliphatic hydroxyl groups is 1. The zero-order chi connectivity index (χ0) is 13.9. The molecule has 19 heavy (non-hydrogen) atoms. The van der Waals surface area contributed by atoms with Crippen molar-refractivity contribution < 1.29 is 9.59 Å². The van der Waals surface area contributed by atoms with Crippen molar-refractivity contribution in [1.82, 2.24) is 0 Å². The van der Waals surface area contributed by atoms with E-state index in [1.807, 2.05) is 18.2 Å². The standard InChI is InChI=1S/C17H28NO/c1-4-18(2,3)14-16-12-8-9-13-17(16,19)15-10-6-5-7-11-15/h5-7,10-11,16,19H,4,8-9,12-14H2,1-3H3/q+1. The molecule has 0 aliphatic heterocycles. The Kier molecular flexibility index (Phi) is 4.32. The summed E-state index contributed by atoms with van der Waals surface area (Å²) in [7, 11) is 4.53. The highest BCUT2D eigenvalue weighted by atomic mass is 16.3. The van der Waals surface area contributed by atoms with Crippen LogP contribution in [-0.4, -0.2) is 36.8 Å². The molecule has 0 aromatic heterocycles. The predicted octanol–water partition coefficient (Wildman–Crippen LogP) is 3.16. The summed E-state index contributed by atoms with van der Waals surface area (Å²) >= 11 is 0. The molecule has 2 nitrogen and oxygen atoms in total. The lowest BCUT2D eigenvalue weighted by Crippen LogP contribution is -2.50. The van der Waals surface area contributed by atoms with Crippen molar-refractivity contribution in [3.8, 4) is 0 Å². The molecule has 0 heterocycles. The number of quaternary nitrogens is 1. The van der Waals surface area contributed by atoms with Crippen LogP contribution in [0.15, 0.2) is 30.3 Å². The van der Waals surface area contributed by atoms with E-state index in [4.69, 9.17) is 0 Å². The largest absolute Gasteiger partial charge is 0.385 e. The summed E-state index contributed by atoms with van der Waals surface area (Å²) in [4.78, 5) is 0. The highest BCUT2D eigenvalue weighted by Crippen LogP contribution is 2.42. The first kappa shape index (κ1) is 14.5. The van der Waals surface area contributed by atoms with Gasteiger partial charge in [0.15, 0.2) is 0 Å². The number of hydrogen-bond acceptors (Lipinski definition) is 1. The smallest absolute Gasteiger partial charge is 0.0978 e. The summed E-state index contributed by atoms with van der Waals surface area (Å²) in [6, 6.07) is 10.3. The topological polar surface area (TPSA) is 20.2 Å². The van der Waals surface area contributed by atoms with Crippen LogP contribution in [0.5, 0.6) is 0 Å². The first-order chi connectivity index (χ1) is 8.98. The van der Waals surface area contributed by atoms with Crippen LogP contribution in [-0.2, 0) is 5.60 Å². The van der Waals surface area contributed by atoms with E-state index in [9.17, 15) is 5.11 Å². The van der Waals surface area contributed by atoms with E-state index < -0.39 is 5.60 Å². The summed E-state index contributed by atoms with van der Waals surface area (Å²) < 4.78 is 0.986. The van der Waals surface area contributed by atoms with Gasteiger partial charge < -0.3 is 9.59 Å². The average Bonchev–Trinajstić information content (AvgIpc) is 2.42. The van der Waals surface area contributed by atoms with Crippen LogP contribution < -0.4 is 0 Å². The Morgan fingerprint density at radius 3 is 2.53 bits per heavy atom. The van der Waals surface area contributed by atoms with Crippen LogP contribution in [0.1, 0.15) is 38.2 Å². The van der Waals surface area contributed by atoms with E-state index in [1.54, 1.807) is 0 Å². The quantitative estimate of drug-likeness (QED) is 0.826. The molecule has 0 radical (unpaired) electrons. The van der Waals surface area contributed by atoms with Crippen molar-refractivity contribution >= 4 is 0 Å². The third-order valence-electron chi connectivity index (χ3n) is 4.88. The van der Waals surface area contributed by atoms with E-state index in [2.05, 4.69) is 33.2 Å². The Bertz CT molecular complexity index is 401. The molecule has 0 amide bonds. The number of hydrogen-bond donors (Lipinski definition) is 1. The minimum absolute atomic E-state index is 0.374. The van der Waals surface area contributed by atoms with Gasteiger partial charge in [0.05, 0.1) is 32.8 Å². The van der Waals surface area contributed by atoms with Crippen molar-refractivity contribution in [2.24, 2.45) is 5.92 Å². The summed E-state index contributed by atoms with van der Waals surface area (Å²) in [5.41, 5.74) is 0.486. The predicted molar refractivity (Wildman–Crippen MR) is 79.8 cm³/mol. The highest BCUT2D eigenvalue weighted by molar-refractivity contribution is 5.24. The van der Waals surface area contributed by atoms with Gasteiger partial charge in [-0.25, -0.2) is 0 Å². The van der Waals surface area contributed by atoms with Crippen LogP contribution in [0.4, 0.5) is 0 Å². The zero-order valence-corrected chi connectivity index (χ0v) is 12.6. The summed E-state index contributed by atoms with van der Waals surface area (Å²) in [6.45, 7) is 4.40. The number of rotatable bonds is 4. The second-order valence-corrected chi connectivity index (χ2v) is 6.67. The Morgan fingerprint density at radius 2 is 1.89 bits per heavy atom. The zero-order valence-electron chi connectivity index (χ0n) is 12.6. The van der Waals surface area contributed by atoms with Gasteiger partial charge in [-0.2, -0.15) is 0 Å². The van der Waals surface area contributed by atoms with Crippen LogP contribution in [0.2, 0.25) is 0 Å². The SMILES string of the molecule is CC[N+](C)(C)CC1CCCCC1(O)c1ccccc1. The molecule has 0 spiro atoms. The molecular formula is C17H28NO+. The van der Waals surface area contributed by atoms with Crippen molar-refractivity contribution in [2.75, 3.05) is 27.2 Å². The van der Waals surface area contributed by atoms with Crippen LogP contribution in [0, 0.1) is 5.92 Å². The monoisotopic (exact) mass is 262 g/mol. The molecule has 1 saturated carbocycles. The fourth-order valence-electron chi connectivity index (χ4n) is 3.30. The fraction of sp³-hybridized carbons (Fsp3) is 0.647. The maximum Gasteiger partial charge on any atom is 0.0978 e. The average molecular weight is 262 g/mol. The molecule has 2 rings (SSSR count). The molecule has 2 unspecified atom stereocenters. The van der Waals surface area contributed by atoms with Crippen molar-refractivity contribution in [3.05, 3.63) is 35.9 Å². The Balaban J connectivity index is 2.25. The molecule has 1 fully saturated rings. The summed E-state index contributed by atoms with van der Waals surface area (Å²) in [6.07, 6.45) is 4.45. The molecule has 2 atom stereocenters. The highest BCUT2D eigenvalue weighted by Gasteiger charge is 2.43. The van der Waals surface area contributed by atoms with Crippen LogP contribution in [0.25, 0.3) is 0 Å². The second kappa shape index (κ2) is 5.64. The Morgan fingerprint density at radius 1 is 1.21 bits per heavy atom. The first-order valence-electron chi connectivity index (χ1n) is 7.58. The van der Waals surface area contributed by atoms with Gasteiger partial charge >= 0.3 is 0 Å². The lowest BCUT2D eigenvalue weighted by molar-refractivity contribution is -0.893. The molecular weight excluding hydrogens is 234 g/mol. The van der Waals surface area contributed by atoms with Gasteiger partial charge in [0.25, 0.3) is 0 Å². The van der Waals surface area contributed by atoms with E-state index in [1.165, 1.54) is 6.42 Å². The molecule has 1 aromatic carbocycles. The molecule has 1 aliphatic rings. The van der Waals surface area contributed by atoms with Gasteiger partial charge in [-0.1, -0.05) is 43.2 Å². The third-order valence-corrected chi connectivity index (χ3v) is 4.88. The van der Waals surface area contributed by atoms with Gasteiger partial charge in [0.2, 0.25) is 0 Å². The molecule has 106 valence electrons. The van der Waals surface area contributed by atoms with Crippen LogP contribution >= 0.6 is 0 Å². The van der Waals surface area contributed by atoms with E-state index in [0.29, 0.717) is 5.92 Å². The normalized spacial score (nSPS) is 28.3. The maximum absolute atomic E-state index is 11.3. The fourth-order valence-corrected chi connectivity index (χ4v) is 3.30. The third kappa shape index (κ3) is 3.18. The van der Waals surface area contributed by atoms with Crippen molar-refractivity contribution in [1.29, 1.82) is 0 Å². The van der Waals surface area contributed by atoms with Gasteiger partial charge in [0.1, 0.15) is 0 Å². The molecule has 1 aromatic rings. The van der Waals surface area contributed by atoms with Gasteiger partial charge in [-0.05, 0) is 25.3 Å². The molecule has 1 aliphatic carbocycles.